The molecule has 0 spiro atoms. The first-order chi connectivity index (χ1) is 13.3. The van der Waals surface area contributed by atoms with Gasteiger partial charge in [0.25, 0.3) is 0 Å². The number of rotatable bonds is 5. The normalized spacial score (nSPS) is 11.3. The molecule has 0 saturated carbocycles. The molecule has 10 heteroatoms. The number of benzene rings is 1. The van der Waals surface area contributed by atoms with Gasteiger partial charge in [0.15, 0.2) is 5.69 Å². The lowest BCUT2D eigenvalue weighted by Gasteiger charge is -2.15. The number of pyridine rings is 1. The van der Waals surface area contributed by atoms with Crippen molar-refractivity contribution in [1.29, 1.82) is 0 Å². The minimum atomic E-state index is -4.54. The van der Waals surface area contributed by atoms with Crippen molar-refractivity contribution < 1.29 is 27.4 Å². The summed E-state index contributed by atoms with van der Waals surface area (Å²) < 4.78 is 50.8. The van der Waals surface area contributed by atoms with E-state index in [-0.39, 0.29) is 28.6 Å². The molecule has 0 N–H and O–H groups in total. The molecule has 2 aromatic heterocycles. The summed E-state index contributed by atoms with van der Waals surface area (Å²) in [5.41, 5.74) is -0.889. The highest BCUT2D eigenvalue weighted by Crippen LogP contribution is 2.35. The van der Waals surface area contributed by atoms with Crippen molar-refractivity contribution in [1.82, 2.24) is 14.5 Å². The molecule has 0 atom stereocenters. The summed E-state index contributed by atoms with van der Waals surface area (Å²) in [6, 6.07) is 6.65. The predicted molar refractivity (Wildman–Crippen MR) is 93.5 cm³/mol. The van der Waals surface area contributed by atoms with Crippen molar-refractivity contribution >= 4 is 17.6 Å². The highest BCUT2D eigenvalue weighted by Gasteiger charge is 2.34. The molecule has 0 aliphatic heterocycles. The first kappa shape index (κ1) is 19.7. The molecule has 0 amide bonds. The van der Waals surface area contributed by atoms with Gasteiger partial charge in [-0.3, -0.25) is 4.57 Å². The Balaban J connectivity index is 1.74. The van der Waals surface area contributed by atoms with Crippen molar-refractivity contribution in [3.05, 3.63) is 70.9 Å². The first-order valence-corrected chi connectivity index (χ1v) is 8.23. The minimum absolute atomic E-state index is 0.0341. The average Bonchev–Trinajstić information content (AvgIpc) is 3.16. The van der Waals surface area contributed by atoms with E-state index in [0.717, 1.165) is 6.07 Å². The van der Waals surface area contributed by atoms with E-state index >= 15 is 0 Å². The Morgan fingerprint density at radius 2 is 2.00 bits per heavy atom. The molecule has 0 aliphatic rings. The Kier molecular flexibility index (Phi) is 5.55. The minimum Gasteiger partial charge on any atom is -0.487 e. The molecule has 3 rings (SSSR count). The Hall–Kier alpha value is -3.07. The number of imidazole rings is 1. The molecule has 2 heterocycles. The third kappa shape index (κ3) is 4.25. The Bertz CT molecular complexity index is 988. The lowest BCUT2D eigenvalue weighted by atomic mass is 10.1. The molecule has 3 aromatic rings. The predicted octanol–water partition coefficient (Wildman–Crippen LogP) is 4.31. The van der Waals surface area contributed by atoms with Crippen LogP contribution in [0, 0.1) is 0 Å². The largest absolute Gasteiger partial charge is 0.487 e. The van der Waals surface area contributed by atoms with Crippen LogP contribution in [0.15, 0.2) is 49.1 Å². The number of carbonyl (C=O) groups excluding carboxylic acids is 1. The first-order valence-electron chi connectivity index (χ1n) is 7.85. The summed E-state index contributed by atoms with van der Waals surface area (Å²) in [4.78, 5) is 19.5. The van der Waals surface area contributed by atoms with Crippen molar-refractivity contribution in [3.63, 3.8) is 0 Å². The zero-order valence-corrected chi connectivity index (χ0v) is 15.2. The third-order valence-electron chi connectivity index (χ3n) is 3.77. The zero-order valence-electron chi connectivity index (χ0n) is 14.4. The molecule has 1 aromatic carbocycles. The van der Waals surface area contributed by atoms with Crippen LogP contribution in [0.4, 0.5) is 13.2 Å². The van der Waals surface area contributed by atoms with Crippen LogP contribution in [0.2, 0.25) is 5.02 Å². The van der Waals surface area contributed by atoms with Gasteiger partial charge in [-0.05, 0) is 24.3 Å². The van der Waals surface area contributed by atoms with Crippen LogP contribution in [-0.2, 0) is 17.5 Å². The SMILES string of the molecule is COC(=O)c1cn(-c2ccc(OCc3c(Cl)cccc3C(F)(F)F)cn2)cn1. The van der Waals surface area contributed by atoms with Crippen LogP contribution in [-0.4, -0.2) is 27.6 Å². The van der Waals surface area contributed by atoms with E-state index < -0.39 is 17.7 Å². The lowest BCUT2D eigenvalue weighted by molar-refractivity contribution is -0.138. The fourth-order valence-electron chi connectivity index (χ4n) is 2.40. The number of methoxy groups -OCH3 is 1. The summed E-state index contributed by atoms with van der Waals surface area (Å²) in [6.45, 7) is -0.368. The topological polar surface area (TPSA) is 66.2 Å². The van der Waals surface area contributed by atoms with Crippen LogP contribution in [0.3, 0.4) is 0 Å². The number of carbonyl (C=O) groups is 1. The highest BCUT2D eigenvalue weighted by molar-refractivity contribution is 6.31. The standard InChI is InChI=1S/C18H13ClF3N3O3/c1-27-17(26)15-8-25(10-24-15)16-6-5-11(7-23-16)28-9-12-13(18(20,21)22)3-2-4-14(12)19/h2-8,10H,9H2,1H3. The number of hydrogen-bond donors (Lipinski definition) is 0. The quantitative estimate of drug-likeness (QED) is 0.585. The van der Waals surface area contributed by atoms with Gasteiger partial charge in [-0.25, -0.2) is 14.8 Å². The molecule has 0 radical (unpaired) electrons. The van der Waals surface area contributed by atoms with Crippen LogP contribution in [0.5, 0.6) is 5.75 Å². The monoisotopic (exact) mass is 411 g/mol. The van der Waals surface area contributed by atoms with Crippen LogP contribution < -0.4 is 4.74 Å². The maximum absolute atomic E-state index is 13.1. The number of halogens is 4. The average molecular weight is 412 g/mol. The summed E-state index contributed by atoms with van der Waals surface area (Å²) in [5.74, 6) is 0.104. The van der Waals surface area contributed by atoms with Crippen molar-refractivity contribution in [3.8, 4) is 11.6 Å². The molecular weight excluding hydrogens is 399 g/mol. The Morgan fingerprint density at radius 1 is 1.21 bits per heavy atom. The van der Waals surface area contributed by atoms with Crippen LogP contribution in [0.1, 0.15) is 21.6 Å². The molecule has 0 unspecified atom stereocenters. The van der Waals surface area contributed by atoms with E-state index in [4.69, 9.17) is 16.3 Å². The van der Waals surface area contributed by atoms with Gasteiger partial charge in [0.1, 0.15) is 24.5 Å². The Labute approximate surface area is 162 Å². The molecular formula is C18H13ClF3N3O3. The zero-order chi connectivity index (χ0) is 20.3. The molecule has 6 nitrogen and oxygen atoms in total. The molecule has 0 bridgehead atoms. The fourth-order valence-corrected chi connectivity index (χ4v) is 2.62. The van der Waals surface area contributed by atoms with Gasteiger partial charge in [-0.1, -0.05) is 17.7 Å². The summed E-state index contributed by atoms with van der Waals surface area (Å²) in [5, 5.41) is -0.0341. The number of nitrogens with zero attached hydrogens (tertiary/aromatic N) is 3. The Morgan fingerprint density at radius 3 is 2.64 bits per heavy atom. The van der Waals surface area contributed by atoms with Gasteiger partial charge >= 0.3 is 12.1 Å². The summed E-state index contributed by atoms with van der Waals surface area (Å²) in [6.07, 6.45) is -0.371. The summed E-state index contributed by atoms with van der Waals surface area (Å²) in [7, 11) is 1.24. The van der Waals surface area contributed by atoms with E-state index in [1.165, 1.54) is 48.6 Å². The molecule has 0 aliphatic carbocycles. The van der Waals surface area contributed by atoms with Gasteiger partial charge < -0.3 is 9.47 Å². The molecule has 0 fully saturated rings. The van der Waals surface area contributed by atoms with Crippen molar-refractivity contribution in [2.24, 2.45) is 0 Å². The fraction of sp³-hybridized carbons (Fsp3) is 0.167. The van der Waals surface area contributed by atoms with Gasteiger partial charge in [-0.15, -0.1) is 0 Å². The van der Waals surface area contributed by atoms with E-state index in [9.17, 15) is 18.0 Å². The van der Waals surface area contributed by atoms with E-state index in [1.807, 2.05) is 0 Å². The molecule has 146 valence electrons. The van der Waals surface area contributed by atoms with E-state index in [0.29, 0.717) is 5.82 Å². The van der Waals surface area contributed by atoms with Crippen LogP contribution >= 0.6 is 11.6 Å². The number of esters is 1. The summed E-state index contributed by atoms with van der Waals surface area (Å²) >= 11 is 5.90. The van der Waals surface area contributed by atoms with Gasteiger partial charge in [0.05, 0.1) is 18.9 Å². The third-order valence-corrected chi connectivity index (χ3v) is 4.12. The number of alkyl halides is 3. The lowest BCUT2D eigenvalue weighted by Crippen LogP contribution is -2.11. The van der Waals surface area contributed by atoms with E-state index in [1.54, 1.807) is 6.07 Å². The number of hydrogen-bond acceptors (Lipinski definition) is 5. The van der Waals surface area contributed by atoms with Gasteiger partial charge in [-0.2, -0.15) is 13.2 Å². The number of ether oxygens (including phenoxy) is 2. The maximum Gasteiger partial charge on any atom is 0.416 e. The van der Waals surface area contributed by atoms with Gasteiger partial charge in [0.2, 0.25) is 0 Å². The van der Waals surface area contributed by atoms with Crippen molar-refractivity contribution in [2.45, 2.75) is 12.8 Å². The molecule has 0 saturated heterocycles. The second-order valence-electron chi connectivity index (χ2n) is 5.56. The maximum atomic E-state index is 13.1. The second kappa shape index (κ2) is 7.89. The second-order valence-corrected chi connectivity index (χ2v) is 5.97. The number of aromatic nitrogens is 3. The van der Waals surface area contributed by atoms with E-state index in [2.05, 4.69) is 14.7 Å². The van der Waals surface area contributed by atoms with Gasteiger partial charge in [0, 0.05) is 16.8 Å². The highest BCUT2D eigenvalue weighted by atomic mass is 35.5. The smallest absolute Gasteiger partial charge is 0.416 e. The van der Waals surface area contributed by atoms with Crippen molar-refractivity contribution in [2.75, 3.05) is 7.11 Å². The van der Waals surface area contributed by atoms with Crippen LogP contribution in [0.25, 0.3) is 5.82 Å². The molecule has 28 heavy (non-hydrogen) atoms.